The fraction of sp³-hybridized carbons (Fsp3) is 0.375. The molecule has 5 rings (SSSR count). The van der Waals surface area contributed by atoms with Gasteiger partial charge in [0.25, 0.3) is 5.91 Å². The Morgan fingerprint density at radius 2 is 1.94 bits per heavy atom. The van der Waals surface area contributed by atoms with Gasteiger partial charge in [-0.15, -0.1) is 0 Å². The lowest BCUT2D eigenvalue weighted by molar-refractivity contribution is -0.127. The zero-order valence-corrected chi connectivity index (χ0v) is 17.4. The number of para-hydroxylation sites is 2. The average Bonchev–Trinajstić information content (AvgIpc) is 3.48. The Balaban J connectivity index is 1.33. The first kappa shape index (κ1) is 19.8. The van der Waals surface area contributed by atoms with Crippen LogP contribution in [0.3, 0.4) is 0 Å². The first-order valence-electron chi connectivity index (χ1n) is 10.9. The van der Waals surface area contributed by atoms with Crippen LogP contribution in [0.1, 0.15) is 30.9 Å². The third-order valence-electron chi connectivity index (χ3n) is 6.05. The molecule has 2 aliphatic heterocycles. The monoisotopic (exact) mass is 418 g/mol. The minimum absolute atomic E-state index is 0.0238. The molecule has 0 spiro atoms. The highest BCUT2D eigenvalue weighted by Gasteiger charge is 2.42. The fourth-order valence-electron chi connectivity index (χ4n) is 4.50. The van der Waals surface area contributed by atoms with Crippen LogP contribution in [0.4, 0.5) is 5.95 Å². The van der Waals surface area contributed by atoms with Gasteiger partial charge in [0.2, 0.25) is 11.9 Å². The van der Waals surface area contributed by atoms with E-state index in [4.69, 9.17) is 9.72 Å². The number of rotatable bonds is 7. The van der Waals surface area contributed by atoms with E-state index in [0.717, 1.165) is 36.9 Å². The molecule has 1 saturated heterocycles. The normalized spacial score (nSPS) is 20.4. The molecule has 2 atom stereocenters. The predicted octanol–water partition coefficient (Wildman–Crippen LogP) is 2.85. The summed E-state index contributed by atoms with van der Waals surface area (Å²) in [5, 5.41) is 2.97. The summed E-state index contributed by atoms with van der Waals surface area (Å²) in [6.07, 6.45) is 2.83. The molecule has 2 aliphatic rings. The number of amides is 2. The number of nitrogens with zero attached hydrogens (tertiary/aromatic N) is 3. The van der Waals surface area contributed by atoms with Gasteiger partial charge in [-0.1, -0.05) is 42.5 Å². The van der Waals surface area contributed by atoms with Crippen molar-refractivity contribution in [3.63, 3.8) is 0 Å². The minimum atomic E-state index is -0.583. The summed E-state index contributed by atoms with van der Waals surface area (Å²) in [5.74, 6) is 0.405. The largest absolute Gasteiger partial charge is 0.376 e. The Hall–Kier alpha value is -3.19. The maximum Gasteiger partial charge on any atom is 0.253 e. The van der Waals surface area contributed by atoms with E-state index in [-0.39, 0.29) is 24.3 Å². The van der Waals surface area contributed by atoms with Crippen molar-refractivity contribution in [1.29, 1.82) is 0 Å². The standard InChI is InChI=1S/C24H26N4O3/c29-22(25-13-12-17-7-2-1-3-8-17)15-21-23(30)27(16-18-9-6-14-31-18)24-26-19-10-4-5-11-20(19)28(21)24/h1-5,7-8,10-11,18,21H,6,9,12-16H2,(H,25,29). The van der Waals surface area contributed by atoms with Crippen LogP contribution in [0.5, 0.6) is 0 Å². The van der Waals surface area contributed by atoms with E-state index in [2.05, 4.69) is 5.32 Å². The Morgan fingerprint density at radius 1 is 1.13 bits per heavy atom. The van der Waals surface area contributed by atoms with Crippen LogP contribution < -0.4 is 10.2 Å². The maximum absolute atomic E-state index is 13.3. The number of fused-ring (bicyclic) bond motifs is 3. The second-order valence-electron chi connectivity index (χ2n) is 8.16. The summed E-state index contributed by atoms with van der Waals surface area (Å²) in [5.41, 5.74) is 2.88. The molecule has 3 heterocycles. The number of anilines is 1. The van der Waals surface area contributed by atoms with Crippen LogP contribution in [0.15, 0.2) is 54.6 Å². The number of aromatic nitrogens is 2. The van der Waals surface area contributed by atoms with E-state index >= 15 is 0 Å². The highest BCUT2D eigenvalue weighted by Crippen LogP contribution is 2.37. The number of nitrogens with one attached hydrogen (secondary N) is 1. The second-order valence-corrected chi connectivity index (χ2v) is 8.16. The van der Waals surface area contributed by atoms with Crippen molar-refractivity contribution >= 4 is 28.8 Å². The van der Waals surface area contributed by atoms with Crippen molar-refractivity contribution < 1.29 is 14.3 Å². The molecule has 1 fully saturated rings. The Morgan fingerprint density at radius 3 is 2.74 bits per heavy atom. The molecule has 2 aromatic carbocycles. The van der Waals surface area contributed by atoms with Gasteiger partial charge in [0.15, 0.2) is 0 Å². The van der Waals surface area contributed by atoms with Gasteiger partial charge in [0, 0.05) is 13.2 Å². The summed E-state index contributed by atoms with van der Waals surface area (Å²) in [7, 11) is 0. The topological polar surface area (TPSA) is 76.5 Å². The van der Waals surface area contributed by atoms with E-state index in [0.29, 0.717) is 19.0 Å². The summed E-state index contributed by atoms with van der Waals surface area (Å²) < 4.78 is 7.67. The molecule has 31 heavy (non-hydrogen) atoms. The maximum atomic E-state index is 13.3. The highest BCUT2D eigenvalue weighted by atomic mass is 16.5. The highest BCUT2D eigenvalue weighted by molar-refractivity contribution is 6.03. The number of carbonyl (C=O) groups excluding carboxylic acids is 2. The summed E-state index contributed by atoms with van der Waals surface area (Å²) in [4.78, 5) is 32.4. The number of hydrogen-bond donors (Lipinski definition) is 1. The fourth-order valence-corrected chi connectivity index (χ4v) is 4.50. The van der Waals surface area contributed by atoms with Crippen LogP contribution >= 0.6 is 0 Å². The molecule has 2 unspecified atom stereocenters. The summed E-state index contributed by atoms with van der Waals surface area (Å²) in [6, 6.07) is 17.2. The average molecular weight is 418 g/mol. The van der Waals surface area contributed by atoms with Gasteiger partial charge in [0.1, 0.15) is 6.04 Å². The second kappa shape index (κ2) is 8.51. The Labute approximate surface area is 181 Å². The Bertz CT molecular complexity index is 1090. The summed E-state index contributed by atoms with van der Waals surface area (Å²) in [6.45, 7) is 1.76. The minimum Gasteiger partial charge on any atom is -0.376 e. The SMILES string of the molecule is O=C(CC1C(=O)N(CC2CCCO2)c2nc3ccccc3n21)NCCc1ccccc1. The van der Waals surface area contributed by atoms with E-state index in [1.807, 2.05) is 59.2 Å². The van der Waals surface area contributed by atoms with Crippen molar-refractivity contribution in [2.45, 2.75) is 37.8 Å². The summed E-state index contributed by atoms with van der Waals surface area (Å²) >= 11 is 0. The molecule has 1 N–H and O–H groups in total. The van der Waals surface area contributed by atoms with E-state index < -0.39 is 6.04 Å². The molecule has 2 amide bonds. The Kier molecular flexibility index (Phi) is 5.42. The van der Waals surface area contributed by atoms with Crippen molar-refractivity contribution in [1.82, 2.24) is 14.9 Å². The zero-order chi connectivity index (χ0) is 21.2. The van der Waals surface area contributed by atoms with E-state index in [1.54, 1.807) is 4.90 Å². The van der Waals surface area contributed by atoms with Crippen molar-refractivity contribution in [2.75, 3.05) is 24.6 Å². The van der Waals surface area contributed by atoms with Gasteiger partial charge in [-0.05, 0) is 37.0 Å². The third kappa shape index (κ3) is 3.93. The number of ether oxygens (including phenoxy) is 1. The molecule has 7 heteroatoms. The number of benzene rings is 2. The van der Waals surface area contributed by atoms with Crippen molar-refractivity contribution in [3.05, 3.63) is 60.2 Å². The van der Waals surface area contributed by atoms with Crippen LogP contribution in [-0.4, -0.2) is 47.2 Å². The first-order valence-corrected chi connectivity index (χ1v) is 10.9. The van der Waals surface area contributed by atoms with Gasteiger partial charge in [0.05, 0.1) is 30.1 Å². The van der Waals surface area contributed by atoms with Crippen molar-refractivity contribution in [3.8, 4) is 0 Å². The van der Waals surface area contributed by atoms with Gasteiger partial charge in [-0.25, -0.2) is 4.98 Å². The molecule has 160 valence electrons. The lowest BCUT2D eigenvalue weighted by atomic mass is 10.1. The molecule has 0 aliphatic carbocycles. The number of carbonyl (C=O) groups is 2. The molecular formula is C24H26N4O3. The van der Waals surface area contributed by atoms with Gasteiger partial charge in [-0.3, -0.25) is 19.1 Å². The zero-order valence-electron chi connectivity index (χ0n) is 17.4. The quantitative estimate of drug-likeness (QED) is 0.640. The van der Waals surface area contributed by atoms with Crippen molar-refractivity contribution in [2.24, 2.45) is 0 Å². The van der Waals surface area contributed by atoms with Gasteiger partial charge in [-0.2, -0.15) is 0 Å². The lowest BCUT2D eigenvalue weighted by Gasteiger charge is -2.19. The first-order chi connectivity index (χ1) is 15.2. The van der Waals surface area contributed by atoms with Crippen LogP contribution in [0.2, 0.25) is 0 Å². The van der Waals surface area contributed by atoms with Gasteiger partial charge >= 0.3 is 0 Å². The molecule has 0 bridgehead atoms. The smallest absolute Gasteiger partial charge is 0.253 e. The van der Waals surface area contributed by atoms with Gasteiger partial charge < -0.3 is 10.1 Å². The molecule has 0 saturated carbocycles. The third-order valence-corrected chi connectivity index (χ3v) is 6.05. The lowest BCUT2D eigenvalue weighted by Crippen LogP contribution is -2.37. The molecule has 3 aromatic rings. The number of imidazole rings is 1. The molecular weight excluding hydrogens is 392 g/mol. The van der Waals surface area contributed by atoms with Crippen LogP contribution in [-0.2, 0) is 20.7 Å². The molecule has 0 radical (unpaired) electrons. The predicted molar refractivity (Wildman–Crippen MR) is 118 cm³/mol. The number of hydrogen-bond acceptors (Lipinski definition) is 4. The van der Waals surface area contributed by atoms with E-state index in [9.17, 15) is 9.59 Å². The van der Waals surface area contributed by atoms with E-state index in [1.165, 1.54) is 5.56 Å². The van der Waals surface area contributed by atoms with Crippen LogP contribution in [0.25, 0.3) is 11.0 Å². The molecule has 1 aromatic heterocycles. The van der Waals surface area contributed by atoms with Crippen LogP contribution in [0, 0.1) is 0 Å². The molecule has 7 nitrogen and oxygen atoms in total.